The number of hydrogen-bond donors (Lipinski definition) is 1. The molecule has 0 amide bonds. The quantitative estimate of drug-likeness (QED) is 0.738. The highest BCUT2D eigenvalue weighted by molar-refractivity contribution is 5.85. The van der Waals surface area contributed by atoms with Crippen molar-refractivity contribution < 1.29 is 0 Å². The number of hydrogen-bond acceptors (Lipinski definition) is 2. The molecule has 0 atom stereocenters. The van der Waals surface area contributed by atoms with Crippen LogP contribution in [0.4, 0.5) is 0 Å². The number of imidazole rings is 1. The molecular formula is C7H14ClN3. The fourth-order valence-electron chi connectivity index (χ4n) is 0.972. The van der Waals surface area contributed by atoms with Crippen LogP contribution in [0.25, 0.3) is 0 Å². The third-order valence-electron chi connectivity index (χ3n) is 1.49. The molecule has 0 aliphatic heterocycles. The molecule has 11 heavy (non-hydrogen) atoms. The third kappa shape index (κ3) is 2.20. The zero-order valence-electron chi connectivity index (χ0n) is 6.82. The van der Waals surface area contributed by atoms with Gasteiger partial charge in [0.1, 0.15) is 5.82 Å². The fraction of sp³-hybridized carbons (Fsp3) is 0.571. The summed E-state index contributed by atoms with van der Waals surface area (Å²) < 4.78 is 2.07. The molecular weight excluding hydrogens is 162 g/mol. The van der Waals surface area contributed by atoms with Crippen LogP contribution in [0.5, 0.6) is 0 Å². The van der Waals surface area contributed by atoms with Crippen molar-refractivity contribution in [2.45, 2.75) is 26.4 Å². The molecule has 64 valence electrons. The van der Waals surface area contributed by atoms with Crippen LogP contribution in [0, 0.1) is 0 Å². The molecule has 2 N–H and O–H groups in total. The van der Waals surface area contributed by atoms with E-state index in [0.717, 1.165) is 5.82 Å². The Bertz CT molecular complexity index is 207. The van der Waals surface area contributed by atoms with E-state index in [1.54, 1.807) is 6.20 Å². The van der Waals surface area contributed by atoms with Crippen molar-refractivity contribution in [1.82, 2.24) is 9.55 Å². The molecule has 1 aromatic heterocycles. The maximum atomic E-state index is 5.45. The largest absolute Gasteiger partial charge is 0.331 e. The van der Waals surface area contributed by atoms with E-state index in [4.69, 9.17) is 5.73 Å². The number of aromatic nitrogens is 2. The van der Waals surface area contributed by atoms with Crippen molar-refractivity contribution in [3.63, 3.8) is 0 Å². The normalized spacial score (nSPS) is 9.82. The van der Waals surface area contributed by atoms with Crippen LogP contribution in [-0.2, 0) is 6.54 Å². The van der Waals surface area contributed by atoms with E-state index in [1.165, 1.54) is 0 Å². The summed E-state index contributed by atoms with van der Waals surface area (Å²) in [7, 11) is 0. The van der Waals surface area contributed by atoms with Gasteiger partial charge in [-0.3, -0.25) is 0 Å². The summed E-state index contributed by atoms with van der Waals surface area (Å²) in [6, 6.07) is 0.459. The molecule has 0 aliphatic carbocycles. The monoisotopic (exact) mass is 175 g/mol. The lowest BCUT2D eigenvalue weighted by molar-refractivity contribution is 0.569. The minimum atomic E-state index is 0. The van der Waals surface area contributed by atoms with E-state index in [-0.39, 0.29) is 12.4 Å². The van der Waals surface area contributed by atoms with Crippen molar-refractivity contribution in [1.29, 1.82) is 0 Å². The average molecular weight is 176 g/mol. The van der Waals surface area contributed by atoms with Gasteiger partial charge in [-0.1, -0.05) is 0 Å². The molecule has 0 spiro atoms. The van der Waals surface area contributed by atoms with Crippen molar-refractivity contribution in [2.75, 3.05) is 0 Å². The van der Waals surface area contributed by atoms with E-state index >= 15 is 0 Å². The standard InChI is InChI=1S/C7H13N3.ClH/c1-6(2)10-4-3-9-7(10)5-8;/h3-4,6H,5,8H2,1-2H3;1H. The lowest BCUT2D eigenvalue weighted by Crippen LogP contribution is -2.09. The zero-order valence-corrected chi connectivity index (χ0v) is 7.64. The molecule has 0 radical (unpaired) electrons. The van der Waals surface area contributed by atoms with Gasteiger partial charge in [0.15, 0.2) is 0 Å². The Hall–Kier alpha value is -0.540. The molecule has 1 rings (SSSR count). The van der Waals surface area contributed by atoms with Gasteiger partial charge in [-0.25, -0.2) is 4.98 Å². The summed E-state index contributed by atoms with van der Waals surface area (Å²) in [6.07, 6.45) is 3.73. The molecule has 1 aromatic rings. The van der Waals surface area contributed by atoms with Crippen LogP contribution < -0.4 is 5.73 Å². The highest BCUT2D eigenvalue weighted by Gasteiger charge is 2.01. The maximum Gasteiger partial charge on any atom is 0.122 e. The first-order valence-electron chi connectivity index (χ1n) is 3.47. The van der Waals surface area contributed by atoms with Gasteiger partial charge in [0.05, 0.1) is 6.54 Å². The van der Waals surface area contributed by atoms with Crippen LogP contribution in [-0.4, -0.2) is 9.55 Å². The maximum absolute atomic E-state index is 5.45. The lowest BCUT2D eigenvalue weighted by atomic mass is 10.4. The Balaban J connectivity index is 0.000001000. The summed E-state index contributed by atoms with van der Waals surface area (Å²) in [5, 5.41) is 0. The molecule has 0 unspecified atom stereocenters. The lowest BCUT2D eigenvalue weighted by Gasteiger charge is -2.08. The van der Waals surface area contributed by atoms with Crippen LogP contribution in [0.15, 0.2) is 12.4 Å². The van der Waals surface area contributed by atoms with Gasteiger partial charge in [0.2, 0.25) is 0 Å². The van der Waals surface area contributed by atoms with Crippen LogP contribution in [0.1, 0.15) is 25.7 Å². The first kappa shape index (κ1) is 10.5. The van der Waals surface area contributed by atoms with Crippen molar-refractivity contribution in [3.8, 4) is 0 Å². The van der Waals surface area contributed by atoms with Crippen molar-refractivity contribution >= 4 is 12.4 Å². The molecule has 4 heteroatoms. The molecule has 3 nitrogen and oxygen atoms in total. The minimum absolute atomic E-state index is 0. The summed E-state index contributed by atoms with van der Waals surface area (Å²) in [5.74, 6) is 0.954. The van der Waals surface area contributed by atoms with Gasteiger partial charge >= 0.3 is 0 Å². The van der Waals surface area contributed by atoms with Gasteiger partial charge in [-0.15, -0.1) is 12.4 Å². The van der Waals surface area contributed by atoms with Gasteiger partial charge < -0.3 is 10.3 Å². The fourth-order valence-corrected chi connectivity index (χ4v) is 0.972. The summed E-state index contributed by atoms with van der Waals surface area (Å²) in [5.41, 5.74) is 5.45. The number of halogens is 1. The molecule has 0 fully saturated rings. The van der Waals surface area contributed by atoms with E-state index in [2.05, 4.69) is 23.4 Å². The highest BCUT2D eigenvalue weighted by atomic mass is 35.5. The Morgan fingerprint density at radius 3 is 2.64 bits per heavy atom. The topological polar surface area (TPSA) is 43.8 Å². The van der Waals surface area contributed by atoms with Gasteiger partial charge in [-0.05, 0) is 13.8 Å². The van der Waals surface area contributed by atoms with Gasteiger partial charge in [0.25, 0.3) is 0 Å². The molecule has 1 heterocycles. The predicted molar refractivity (Wildman–Crippen MR) is 47.8 cm³/mol. The number of nitrogens with two attached hydrogens (primary N) is 1. The van der Waals surface area contributed by atoms with Crippen molar-refractivity contribution in [3.05, 3.63) is 18.2 Å². The zero-order chi connectivity index (χ0) is 7.56. The SMILES string of the molecule is CC(C)n1ccnc1CN.Cl. The second kappa shape index (κ2) is 4.36. The molecule has 0 aromatic carbocycles. The first-order valence-corrected chi connectivity index (χ1v) is 3.47. The van der Waals surface area contributed by atoms with Crippen LogP contribution in [0.2, 0.25) is 0 Å². The van der Waals surface area contributed by atoms with Gasteiger partial charge in [0, 0.05) is 18.4 Å². The molecule has 0 saturated heterocycles. The molecule has 0 saturated carbocycles. The summed E-state index contributed by atoms with van der Waals surface area (Å²) >= 11 is 0. The Morgan fingerprint density at radius 1 is 1.64 bits per heavy atom. The van der Waals surface area contributed by atoms with E-state index in [9.17, 15) is 0 Å². The average Bonchev–Trinajstić information content (AvgIpc) is 2.33. The minimum Gasteiger partial charge on any atom is -0.331 e. The third-order valence-corrected chi connectivity index (χ3v) is 1.49. The molecule has 0 aliphatic rings. The summed E-state index contributed by atoms with van der Waals surface area (Å²) in [4.78, 5) is 4.09. The number of nitrogens with zero attached hydrogens (tertiary/aromatic N) is 2. The smallest absolute Gasteiger partial charge is 0.122 e. The van der Waals surface area contributed by atoms with Crippen molar-refractivity contribution in [2.24, 2.45) is 5.73 Å². The predicted octanol–water partition coefficient (Wildman–Crippen LogP) is 1.34. The van der Waals surface area contributed by atoms with Gasteiger partial charge in [-0.2, -0.15) is 0 Å². The Kier molecular flexibility index (Phi) is 4.15. The van der Waals surface area contributed by atoms with E-state index in [0.29, 0.717) is 12.6 Å². The highest BCUT2D eigenvalue weighted by Crippen LogP contribution is 2.06. The van der Waals surface area contributed by atoms with E-state index in [1.807, 2.05) is 6.20 Å². The number of rotatable bonds is 2. The second-order valence-corrected chi connectivity index (χ2v) is 2.55. The molecule has 0 bridgehead atoms. The Labute approximate surface area is 73.0 Å². The van der Waals surface area contributed by atoms with Crippen LogP contribution >= 0.6 is 12.4 Å². The second-order valence-electron chi connectivity index (χ2n) is 2.55. The van der Waals surface area contributed by atoms with Crippen LogP contribution in [0.3, 0.4) is 0 Å². The first-order chi connectivity index (χ1) is 4.75. The van der Waals surface area contributed by atoms with E-state index < -0.39 is 0 Å². The summed E-state index contributed by atoms with van der Waals surface area (Å²) in [6.45, 7) is 4.74. The Morgan fingerprint density at radius 2 is 2.27 bits per heavy atom.